The SMILES string of the molecule is CNC(=O)/C(C)=C/[C@H](C(C)C)N(C)C(=O)C(NC(O)C1CCCCN1C(C)C)C(C)C. The van der Waals surface area contributed by atoms with Crippen LogP contribution in [0.15, 0.2) is 11.6 Å². The lowest BCUT2D eigenvalue weighted by Crippen LogP contribution is -2.60. The lowest BCUT2D eigenvalue weighted by molar-refractivity contribution is -0.137. The van der Waals surface area contributed by atoms with E-state index in [2.05, 4.69) is 29.4 Å². The van der Waals surface area contributed by atoms with Crippen molar-refractivity contribution in [3.63, 3.8) is 0 Å². The lowest BCUT2D eigenvalue weighted by atomic mass is 9.95. The van der Waals surface area contributed by atoms with E-state index < -0.39 is 12.3 Å². The summed E-state index contributed by atoms with van der Waals surface area (Å²) in [6.45, 7) is 15.1. The maximum Gasteiger partial charge on any atom is 0.246 e. The minimum absolute atomic E-state index is 0.00407. The van der Waals surface area contributed by atoms with Crippen LogP contribution in [0.2, 0.25) is 0 Å². The highest BCUT2D eigenvalue weighted by molar-refractivity contribution is 5.92. The average molecular weight is 439 g/mol. The van der Waals surface area contributed by atoms with Crippen molar-refractivity contribution in [3.05, 3.63) is 11.6 Å². The number of carbonyl (C=O) groups excluding carboxylic acids is 2. The molecule has 7 heteroatoms. The highest BCUT2D eigenvalue weighted by Crippen LogP contribution is 2.23. The second-order valence-electron chi connectivity index (χ2n) is 9.84. The Balaban J connectivity index is 3.04. The summed E-state index contributed by atoms with van der Waals surface area (Å²) in [5.74, 6) is -0.0641. The molecule has 1 rings (SSSR count). The quantitative estimate of drug-likeness (QED) is 0.360. The molecule has 7 nitrogen and oxygen atoms in total. The normalized spacial score (nSPS) is 21.3. The van der Waals surface area contributed by atoms with Gasteiger partial charge in [0.2, 0.25) is 11.8 Å². The van der Waals surface area contributed by atoms with E-state index in [9.17, 15) is 14.7 Å². The Morgan fingerprint density at radius 1 is 1.10 bits per heavy atom. The van der Waals surface area contributed by atoms with Gasteiger partial charge in [0.25, 0.3) is 0 Å². The van der Waals surface area contributed by atoms with Gasteiger partial charge in [-0.15, -0.1) is 0 Å². The van der Waals surface area contributed by atoms with Gasteiger partial charge in [0.05, 0.1) is 12.1 Å². The van der Waals surface area contributed by atoms with Crippen LogP contribution in [0.1, 0.15) is 67.7 Å². The maximum atomic E-state index is 13.5. The second kappa shape index (κ2) is 12.6. The average Bonchev–Trinajstić information content (AvgIpc) is 2.73. The van der Waals surface area contributed by atoms with Gasteiger partial charge in [-0.3, -0.25) is 19.8 Å². The van der Waals surface area contributed by atoms with E-state index in [0.717, 1.165) is 25.8 Å². The standard InChI is InChI=1S/C24H46N4O3/c1-15(2)20(14-18(7)22(29)25-8)27(9)24(31)21(16(3)4)26-23(30)19-12-10-11-13-28(19)17(5)6/h14-17,19-21,23,26,30H,10-13H2,1-9H3,(H,25,29)/b18-14+/t19?,20-,21?,23?/m1/s1. The van der Waals surface area contributed by atoms with Crippen molar-refractivity contribution < 1.29 is 14.7 Å². The zero-order valence-corrected chi connectivity index (χ0v) is 21.1. The van der Waals surface area contributed by atoms with Crippen LogP contribution in [0.5, 0.6) is 0 Å². The van der Waals surface area contributed by atoms with E-state index in [4.69, 9.17) is 0 Å². The van der Waals surface area contributed by atoms with Crippen molar-refractivity contribution in [1.29, 1.82) is 0 Å². The second-order valence-corrected chi connectivity index (χ2v) is 9.84. The first-order chi connectivity index (χ1) is 14.4. The molecule has 0 bridgehead atoms. The van der Waals surface area contributed by atoms with E-state index in [0.29, 0.717) is 11.6 Å². The van der Waals surface area contributed by atoms with E-state index in [1.54, 1.807) is 25.9 Å². The van der Waals surface area contributed by atoms with Gasteiger partial charge in [-0.1, -0.05) is 40.2 Å². The number of nitrogens with one attached hydrogen (secondary N) is 2. The molecule has 180 valence electrons. The third kappa shape index (κ3) is 7.58. The molecule has 1 fully saturated rings. The van der Waals surface area contributed by atoms with Crippen molar-refractivity contribution in [2.24, 2.45) is 11.8 Å². The molecule has 31 heavy (non-hydrogen) atoms. The number of amides is 2. The molecule has 3 N–H and O–H groups in total. The molecule has 0 aliphatic carbocycles. The summed E-state index contributed by atoms with van der Waals surface area (Å²) in [6, 6.07) is -0.372. The van der Waals surface area contributed by atoms with Crippen molar-refractivity contribution >= 4 is 11.8 Å². The van der Waals surface area contributed by atoms with E-state index in [1.165, 1.54) is 0 Å². The number of hydrogen-bond donors (Lipinski definition) is 3. The number of aliphatic hydroxyl groups excluding tert-OH is 1. The zero-order valence-electron chi connectivity index (χ0n) is 21.1. The minimum Gasteiger partial charge on any atom is -0.377 e. The summed E-state index contributed by atoms with van der Waals surface area (Å²) in [7, 11) is 3.38. The van der Waals surface area contributed by atoms with Crippen LogP contribution < -0.4 is 10.6 Å². The monoisotopic (exact) mass is 438 g/mol. The number of likely N-dealkylation sites (N-methyl/N-ethyl adjacent to an activating group) is 2. The van der Waals surface area contributed by atoms with Crippen LogP contribution in [0.4, 0.5) is 0 Å². The van der Waals surface area contributed by atoms with Gasteiger partial charge in [-0.2, -0.15) is 0 Å². The molecule has 0 radical (unpaired) electrons. The summed E-state index contributed by atoms with van der Waals surface area (Å²) in [4.78, 5) is 29.5. The Morgan fingerprint density at radius 3 is 2.19 bits per heavy atom. The maximum absolute atomic E-state index is 13.5. The number of hydrogen-bond acceptors (Lipinski definition) is 5. The Kier molecular flexibility index (Phi) is 11.2. The molecule has 1 aliphatic heterocycles. The van der Waals surface area contributed by atoms with Gasteiger partial charge < -0.3 is 15.3 Å². The van der Waals surface area contributed by atoms with Gasteiger partial charge in [-0.25, -0.2) is 0 Å². The molecule has 4 atom stereocenters. The van der Waals surface area contributed by atoms with Crippen LogP contribution in [-0.4, -0.2) is 77.8 Å². The highest BCUT2D eigenvalue weighted by Gasteiger charge is 2.36. The van der Waals surface area contributed by atoms with E-state index >= 15 is 0 Å². The van der Waals surface area contributed by atoms with Gasteiger partial charge in [0.1, 0.15) is 6.23 Å². The Bertz CT molecular complexity index is 618. The number of rotatable bonds is 10. The van der Waals surface area contributed by atoms with Gasteiger partial charge in [-0.05, 0) is 52.0 Å². The first-order valence-corrected chi connectivity index (χ1v) is 11.8. The fourth-order valence-corrected chi connectivity index (χ4v) is 4.45. The van der Waals surface area contributed by atoms with Crippen LogP contribution in [0.25, 0.3) is 0 Å². The molecule has 1 heterocycles. The fraction of sp³-hybridized carbons (Fsp3) is 0.833. The number of piperidine rings is 1. The predicted octanol–water partition coefficient (Wildman–Crippen LogP) is 2.36. The van der Waals surface area contributed by atoms with Crippen molar-refractivity contribution in [2.45, 2.75) is 98.1 Å². The largest absolute Gasteiger partial charge is 0.377 e. The molecule has 3 unspecified atom stereocenters. The van der Waals surface area contributed by atoms with Crippen molar-refractivity contribution in [1.82, 2.24) is 20.4 Å². The molecule has 0 aromatic heterocycles. The van der Waals surface area contributed by atoms with Gasteiger partial charge >= 0.3 is 0 Å². The molecule has 1 aliphatic rings. The number of aliphatic hydroxyl groups is 1. The predicted molar refractivity (Wildman–Crippen MR) is 126 cm³/mol. The number of nitrogens with zero attached hydrogens (tertiary/aromatic N) is 2. The van der Waals surface area contributed by atoms with Crippen molar-refractivity contribution in [3.8, 4) is 0 Å². The molecule has 1 saturated heterocycles. The number of carbonyl (C=O) groups is 2. The molecule has 0 spiro atoms. The van der Waals surface area contributed by atoms with Gasteiger partial charge in [0, 0.05) is 31.8 Å². The smallest absolute Gasteiger partial charge is 0.246 e. The molecule has 0 saturated carbocycles. The summed E-state index contributed by atoms with van der Waals surface area (Å²) < 4.78 is 0. The first kappa shape index (κ1) is 27.6. The van der Waals surface area contributed by atoms with Crippen LogP contribution >= 0.6 is 0 Å². The summed E-state index contributed by atoms with van der Waals surface area (Å²) in [5.41, 5.74) is 0.588. The summed E-state index contributed by atoms with van der Waals surface area (Å²) in [5, 5.41) is 16.9. The zero-order chi connectivity index (χ0) is 23.9. The summed E-state index contributed by atoms with van der Waals surface area (Å²) >= 11 is 0. The Morgan fingerprint density at radius 2 is 1.71 bits per heavy atom. The van der Waals surface area contributed by atoms with Crippen LogP contribution in [0, 0.1) is 11.8 Å². The van der Waals surface area contributed by atoms with Crippen LogP contribution in [-0.2, 0) is 9.59 Å². The molecular weight excluding hydrogens is 392 g/mol. The molecule has 2 amide bonds. The molecule has 0 aromatic rings. The van der Waals surface area contributed by atoms with Crippen molar-refractivity contribution in [2.75, 3.05) is 20.6 Å². The lowest BCUT2D eigenvalue weighted by Gasteiger charge is -2.43. The third-order valence-corrected chi connectivity index (χ3v) is 6.39. The van der Waals surface area contributed by atoms with Gasteiger partial charge in [0.15, 0.2) is 0 Å². The third-order valence-electron chi connectivity index (χ3n) is 6.39. The Hall–Kier alpha value is -1.44. The van der Waals surface area contributed by atoms with Crippen LogP contribution in [0.3, 0.4) is 0 Å². The molecular formula is C24H46N4O3. The highest BCUT2D eigenvalue weighted by atomic mass is 16.3. The number of likely N-dealkylation sites (tertiary alicyclic amines) is 1. The Labute approximate surface area is 189 Å². The first-order valence-electron chi connectivity index (χ1n) is 11.8. The topological polar surface area (TPSA) is 84.9 Å². The molecule has 0 aromatic carbocycles. The summed E-state index contributed by atoms with van der Waals surface area (Å²) in [6.07, 6.45) is 4.24. The van der Waals surface area contributed by atoms with E-state index in [1.807, 2.05) is 33.8 Å². The fourth-order valence-electron chi connectivity index (χ4n) is 4.45. The van der Waals surface area contributed by atoms with E-state index in [-0.39, 0.29) is 35.7 Å². The minimum atomic E-state index is -0.770.